The van der Waals surface area contributed by atoms with Gasteiger partial charge >= 0.3 is 0 Å². The van der Waals surface area contributed by atoms with Crippen molar-refractivity contribution < 1.29 is 33.3 Å². The number of hydrazone groups is 1. The molecular weight excluding hydrogens is 406 g/mol. The number of benzene rings is 2. The highest BCUT2D eigenvalue weighted by molar-refractivity contribution is 5.97. The standard InChI is InChI=1S/C21H25N3O7/c1-27-15-7-6-13(8-16(15)28-2)11-23-24-19(25)12-22-21(26)14-9-17(29-3)20(31-5)18(10-14)30-4/h6-11H,12H2,1-5H3,(H,22,26)(H,24,25)/b23-11+. The number of carbonyl (C=O) groups is 2. The van der Waals surface area contributed by atoms with Crippen LogP contribution in [-0.2, 0) is 4.79 Å². The first-order chi connectivity index (χ1) is 15.0. The van der Waals surface area contributed by atoms with Crippen molar-refractivity contribution in [1.29, 1.82) is 0 Å². The molecule has 0 saturated carbocycles. The molecule has 2 amide bonds. The Morgan fingerprint density at radius 2 is 1.45 bits per heavy atom. The fraction of sp³-hybridized carbons (Fsp3) is 0.286. The van der Waals surface area contributed by atoms with Crippen molar-refractivity contribution in [2.45, 2.75) is 0 Å². The highest BCUT2D eigenvalue weighted by Crippen LogP contribution is 2.38. The van der Waals surface area contributed by atoms with Crippen LogP contribution in [0, 0.1) is 0 Å². The quantitative estimate of drug-likeness (QED) is 0.434. The van der Waals surface area contributed by atoms with Crippen LogP contribution < -0.4 is 34.4 Å². The summed E-state index contributed by atoms with van der Waals surface area (Å²) >= 11 is 0. The summed E-state index contributed by atoms with van der Waals surface area (Å²) in [6, 6.07) is 8.16. The SMILES string of the molecule is COc1ccc(/C=N/NC(=O)CNC(=O)c2cc(OC)c(OC)c(OC)c2)cc1OC. The van der Waals surface area contributed by atoms with E-state index in [0.717, 1.165) is 0 Å². The van der Waals surface area contributed by atoms with E-state index in [1.54, 1.807) is 18.2 Å². The normalized spacial score (nSPS) is 10.4. The van der Waals surface area contributed by atoms with Crippen molar-refractivity contribution >= 4 is 18.0 Å². The molecule has 0 aliphatic rings. The summed E-state index contributed by atoms with van der Waals surface area (Å²) in [7, 11) is 7.42. The van der Waals surface area contributed by atoms with Crippen LogP contribution in [0.5, 0.6) is 28.7 Å². The van der Waals surface area contributed by atoms with Crippen LogP contribution in [-0.4, -0.2) is 60.1 Å². The van der Waals surface area contributed by atoms with Crippen LogP contribution in [0.25, 0.3) is 0 Å². The number of carbonyl (C=O) groups excluding carboxylic acids is 2. The van der Waals surface area contributed by atoms with E-state index in [9.17, 15) is 9.59 Å². The van der Waals surface area contributed by atoms with E-state index in [2.05, 4.69) is 15.8 Å². The molecule has 0 fully saturated rings. The van der Waals surface area contributed by atoms with Gasteiger partial charge in [0.2, 0.25) is 5.75 Å². The van der Waals surface area contributed by atoms with Gasteiger partial charge in [0.05, 0.1) is 48.3 Å². The molecule has 10 nitrogen and oxygen atoms in total. The third kappa shape index (κ3) is 6.01. The van der Waals surface area contributed by atoms with Crippen LogP contribution >= 0.6 is 0 Å². The zero-order valence-corrected chi connectivity index (χ0v) is 18.0. The molecule has 0 aliphatic heterocycles. The van der Waals surface area contributed by atoms with Gasteiger partial charge in [-0.05, 0) is 35.9 Å². The Morgan fingerprint density at radius 1 is 0.839 bits per heavy atom. The van der Waals surface area contributed by atoms with E-state index in [0.29, 0.717) is 34.3 Å². The molecule has 2 N–H and O–H groups in total. The monoisotopic (exact) mass is 431 g/mol. The predicted octanol–water partition coefficient (Wildman–Crippen LogP) is 1.61. The van der Waals surface area contributed by atoms with E-state index in [4.69, 9.17) is 23.7 Å². The molecule has 10 heteroatoms. The topological polar surface area (TPSA) is 117 Å². The Balaban J connectivity index is 1.95. The lowest BCUT2D eigenvalue weighted by molar-refractivity contribution is -0.120. The van der Waals surface area contributed by atoms with Crippen LogP contribution in [0.15, 0.2) is 35.4 Å². The molecule has 2 aromatic rings. The van der Waals surface area contributed by atoms with Crippen LogP contribution in [0.1, 0.15) is 15.9 Å². The summed E-state index contributed by atoms with van der Waals surface area (Å²) in [6.45, 7) is -0.279. The number of hydrogen-bond donors (Lipinski definition) is 2. The summed E-state index contributed by atoms with van der Waals surface area (Å²) in [6.07, 6.45) is 1.45. The van der Waals surface area contributed by atoms with E-state index in [1.807, 2.05) is 0 Å². The highest BCUT2D eigenvalue weighted by atomic mass is 16.5. The third-order valence-corrected chi connectivity index (χ3v) is 4.15. The largest absolute Gasteiger partial charge is 0.493 e. The fourth-order valence-electron chi connectivity index (χ4n) is 2.63. The maximum Gasteiger partial charge on any atom is 0.259 e. The summed E-state index contributed by atoms with van der Waals surface area (Å²) in [5.41, 5.74) is 3.28. The lowest BCUT2D eigenvalue weighted by atomic mass is 10.1. The average Bonchev–Trinajstić information content (AvgIpc) is 2.81. The first-order valence-corrected chi connectivity index (χ1v) is 9.09. The molecule has 2 aromatic carbocycles. The summed E-state index contributed by atoms with van der Waals surface area (Å²) < 4.78 is 26.0. The molecular formula is C21H25N3O7. The Labute approximate surface area is 180 Å². The number of methoxy groups -OCH3 is 5. The molecule has 0 saturated heterocycles. The molecule has 0 aliphatic carbocycles. The molecule has 0 unspecified atom stereocenters. The number of nitrogens with zero attached hydrogens (tertiary/aromatic N) is 1. The van der Waals surface area contributed by atoms with Gasteiger partial charge in [0, 0.05) is 5.56 Å². The lowest BCUT2D eigenvalue weighted by Gasteiger charge is -2.14. The minimum atomic E-state index is -0.502. The van der Waals surface area contributed by atoms with Crippen molar-refractivity contribution in [3.05, 3.63) is 41.5 Å². The second-order valence-electron chi connectivity index (χ2n) is 6.00. The van der Waals surface area contributed by atoms with Crippen molar-refractivity contribution in [2.24, 2.45) is 5.10 Å². The van der Waals surface area contributed by atoms with Crippen LogP contribution in [0.2, 0.25) is 0 Å². The van der Waals surface area contributed by atoms with Crippen molar-refractivity contribution in [1.82, 2.24) is 10.7 Å². The predicted molar refractivity (Wildman–Crippen MR) is 114 cm³/mol. The maximum absolute atomic E-state index is 12.4. The van der Waals surface area contributed by atoms with Gasteiger partial charge in [-0.2, -0.15) is 5.10 Å². The minimum absolute atomic E-state index is 0.246. The summed E-state index contributed by atoms with van der Waals surface area (Å²) in [5.74, 6) is 1.15. The molecule has 31 heavy (non-hydrogen) atoms. The molecule has 0 aromatic heterocycles. The molecule has 0 atom stereocenters. The lowest BCUT2D eigenvalue weighted by Crippen LogP contribution is -2.34. The Bertz CT molecular complexity index is 935. The van der Waals surface area contributed by atoms with Crippen LogP contribution in [0.3, 0.4) is 0 Å². The van der Waals surface area contributed by atoms with Gasteiger partial charge in [0.25, 0.3) is 11.8 Å². The van der Waals surface area contributed by atoms with Crippen molar-refractivity contribution in [3.63, 3.8) is 0 Å². The van der Waals surface area contributed by atoms with Crippen molar-refractivity contribution in [2.75, 3.05) is 42.1 Å². The molecule has 0 bridgehead atoms. The van der Waals surface area contributed by atoms with Gasteiger partial charge in [0.1, 0.15) is 0 Å². The molecule has 0 radical (unpaired) electrons. The number of nitrogens with one attached hydrogen (secondary N) is 2. The zero-order chi connectivity index (χ0) is 22.8. The second kappa shape index (κ2) is 11.3. The van der Waals surface area contributed by atoms with Gasteiger partial charge in [-0.3, -0.25) is 9.59 Å². The van der Waals surface area contributed by atoms with E-state index >= 15 is 0 Å². The summed E-state index contributed by atoms with van der Waals surface area (Å²) in [5, 5.41) is 6.38. The maximum atomic E-state index is 12.4. The average molecular weight is 431 g/mol. The number of rotatable bonds is 10. The first-order valence-electron chi connectivity index (χ1n) is 9.09. The molecule has 166 valence electrons. The molecule has 2 rings (SSSR count). The number of ether oxygens (including phenoxy) is 5. The Kier molecular flexibility index (Phi) is 8.50. The first kappa shape index (κ1) is 23.3. The molecule has 0 spiro atoms. The van der Waals surface area contributed by atoms with Gasteiger partial charge in [-0.1, -0.05) is 0 Å². The highest BCUT2D eigenvalue weighted by Gasteiger charge is 2.17. The zero-order valence-electron chi connectivity index (χ0n) is 18.0. The number of amides is 2. The number of hydrogen-bond acceptors (Lipinski definition) is 8. The van der Waals surface area contributed by atoms with Gasteiger partial charge < -0.3 is 29.0 Å². The van der Waals surface area contributed by atoms with Gasteiger partial charge in [-0.15, -0.1) is 0 Å². The van der Waals surface area contributed by atoms with Gasteiger partial charge in [0.15, 0.2) is 23.0 Å². The molecule has 0 heterocycles. The van der Waals surface area contributed by atoms with E-state index in [1.165, 1.54) is 53.9 Å². The smallest absolute Gasteiger partial charge is 0.259 e. The second-order valence-corrected chi connectivity index (χ2v) is 6.00. The van der Waals surface area contributed by atoms with Gasteiger partial charge in [-0.25, -0.2) is 5.43 Å². The third-order valence-electron chi connectivity index (χ3n) is 4.15. The fourth-order valence-corrected chi connectivity index (χ4v) is 2.63. The van der Waals surface area contributed by atoms with E-state index in [-0.39, 0.29) is 12.1 Å². The summed E-state index contributed by atoms with van der Waals surface area (Å²) in [4.78, 5) is 24.4. The minimum Gasteiger partial charge on any atom is -0.493 e. The Hall–Kier alpha value is -3.95. The van der Waals surface area contributed by atoms with Crippen molar-refractivity contribution in [3.8, 4) is 28.7 Å². The van der Waals surface area contributed by atoms with E-state index < -0.39 is 11.8 Å². The Morgan fingerprint density at radius 3 is 2.00 bits per heavy atom. The van der Waals surface area contributed by atoms with Crippen LogP contribution in [0.4, 0.5) is 0 Å².